The molecule has 0 spiro atoms. The molecule has 2 N–H and O–H groups in total. The first-order valence-electron chi connectivity index (χ1n) is 12.8. The van der Waals surface area contributed by atoms with Gasteiger partial charge in [0.05, 0.1) is 18.1 Å². The summed E-state index contributed by atoms with van der Waals surface area (Å²) in [6.07, 6.45) is 5.01. The molecule has 5 aromatic rings. The van der Waals surface area contributed by atoms with Gasteiger partial charge >= 0.3 is 0 Å². The molecule has 9 nitrogen and oxygen atoms in total. The van der Waals surface area contributed by atoms with E-state index in [0.29, 0.717) is 22.9 Å². The number of nitrogens with zero attached hydrogens (tertiary/aromatic N) is 3. The fraction of sp³-hybridized carbons (Fsp3) is 0.133. The van der Waals surface area contributed by atoms with Gasteiger partial charge in [-0.25, -0.2) is 13.8 Å². The molecule has 0 bridgehead atoms. The number of rotatable bonds is 7. The Morgan fingerprint density at radius 2 is 1.80 bits per heavy atom. The van der Waals surface area contributed by atoms with Gasteiger partial charge in [0.25, 0.3) is 11.5 Å². The van der Waals surface area contributed by atoms with E-state index in [-0.39, 0.29) is 34.5 Å². The number of fused-ring (bicyclic) bond motifs is 1. The van der Waals surface area contributed by atoms with E-state index in [1.807, 2.05) is 0 Å². The predicted molar refractivity (Wildman–Crippen MR) is 148 cm³/mol. The molecule has 0 radical (unpaired) electrons. The molecule has 0 saturated heterocycles. The van der Waals surface area contributed by atoms with Crippen molar-refractivity contribution >= 4 is 29.0 Å². The van der Waals surface area contributed by atoms with Crippen LogP contribution >= 0.6 is 0 Å². The van der Waals surface area contributed by atoms with Gasteiger partial charge in [-0.1, -0.05) is 6.07 Å². The summed E-state index contributed by atoms with van der Waals surface area (Å²) >= 11 is 0. The van der Waals surface area contributed by atoms with Gasteiger partial charge in [0.15, 0.2) is 17.4 Å². The summed E-state index contributed by atoms with van der Waals surface area (Å²) in [6, 6.07) is 15.6. The topological polar surface area (TPSA) is 107 Å². The van der Waals surface area contributed by atoms with Gasteiger partial charge in [-0.3, -0.25) is 19.0 Å². The third-order valence-corrected chi connectivity index (χ3v) is 6.63. The number of hydrogen-bond donors (Lipinski definition) is 2. The fourth-order valence-corrected chi connectivity index (χ4v) is 4.39. The van der Waals surface area contributed by atoms with Crippen molar-refractivity contribution in [3.63, 3.8) is 0 Å². The number of anilines is 2. The Balaban J connectivity index is 1.17. The SMILES string of the molecule is Cc1ccc(C(=O)Nc2ccc(Oc3ccc4nc(NC(=O)C5CC5)cn4c3)c(F)c2)c(=O)n1-c1cccc(F)c1. The Hall–Kier alpha value is -5.32. The number of hydrogen-bond acceptors (Lipinski definition) is 5. The molecule has 206 valence electrons. The molecule has 3 aromatic heterocycles. The van der Waals surface area contributed by atoms with Gasteiger partial charge in [-0.15, -0.1) is 0 Å². The molecule has 3 heterocycles. The van der Waals surface area contributed by atoms with Gasteiger partial charge in [0.1, 0.15) is 22.8 Å². The smallest absolute Gasteiger partial charge is 0.268 e. The van der Waals surface area contributed by atoms with Crippen molar-refractivity contribution in [1.29, 1.82) is 0 Å². The molecule has 1 aliphatic rings. The minimum absolute atomic E-state index is 0.0466. The van der Waals surface area contributed by atoms with Gasteiger partial charge < -0.3 is 19.8 Å². The molecule has 2 aromatic carbocycles. The van der Waals surface area contributed by atoms with Crippen LogP contribution in [0.3, 0.4) is 0 Å². The van der Waals surface area contributed by atoms with Gasteiger partial charge in [0, 0.05) is 23.4 Å². The van der Waals surface area contributed by atoms with Crippen LogP contribution in [0.1, 0.15) is 28.9 Å². The first kappa shape index (κ1) is 25.9. The highest BCUT2D eigenvalue weighted by Gasteiger charge is 2.30. The highest BCUT2D eigenvalue weighted by molar-refractivity contribution is 6.04. The largest absolute Gasteiger partial charge is 0.453 e. The molecule has 0 aliphatic heterocycles. The number of halogens is 2. The van der Waals surface area contributed by atoms with Crippen molar-refractivity contribution in [3.05, 3.63) is 112 Å². The number of nitrogens with one attached hydrogen (secondary N) is 2. The number of amides is 2. The van der Waals surface area contributed by atoms with Crippen LogP contribution in [0.4, 0.5) is 20.3 Å². The van der Waals surface area contributed by atoms with Gasteiger partial charge in [0.2, 0.25) is 5.91 Å². The number of carbonyl (C=O) groups is 2. The molecular weight excluding hydrogens is 532 g/mol. The molecule has 0 atom stereocenters. The summed E-state index contributed by atoms with van der Waals surface area (Å²) < 4.78 is 37.3. The lowest BCUT2D eigenvalue weighted by Crippen LogP contribution is -2.29. The van der Waals surface area contributed by atoms with E-state index in [0.717, 1.165) is 18.9 Å². The number of ether oxygens (including phenoxy) is 1. The van der Waals surface area contributed by atoms with E-state index in [4.69, 9.17) is 4.74 Å². The van der Waals surface area contributed by atoms with E-state index in [1.165, 1.54) is 41.0 Å². The number of benzene rings is 2. The van der Waals surface area contributed by atoms with E-state index in [9.17, 15) is 23.2 Å². The van der Waals surface area contributed by atoms with Crippen LogP contribution in [-0.2, 0) is 4.79 Å². The van der Waals surface area contributed by atoms with Crippen LogP contribution in [0.15, 0.2) is 83.9 Å². The molecule has 6 rings (SSSR count). The average Bonchev–Trinajstić information content (AvgIpc) is 3.71. The molecule has 0 unspecified atom stereocenters. The number of imidazole rings is 1. The summed E-state index contributed by atoms with van der Waals surface area (Å²) in [6.45, 7) is 1.67. The quantitative estimate of drug-likeness (QED) is 0.277. The highest BCUT2D eigenvalue weighted by Crippen LogP contribution is 2.31. The highest BCUT2D eigenvalue weighted by atomic mass is 19.1. The van der Waals surface area contributed by atoms with E-state index in [1.54, 1.807) is 48.0 Å². The Labute approximate surface area is 232 Å². The van der Waals surface area contributed by atoms with Crippen LogP contribution in [-0.4, -0.2) is 25.8 Å². The van der Waals surface area contributed by atoms with E-state index >= 15 is 0 Å². The maximum absolute atomic E-state index is 14.9. The van der Waals surface area contributed by atoms with Crippen molar-refractivity contribution in [3.8, 4) is 17.2 Å². The summed E-state index contributed by atoms with van der Waals surface area (Å²) in [7, 11) is 0. The minimum Gasteiger partial charge on any atom is -0.453 e. The zero-order valence-electron chi connectivity index (χ0n) is 21.7. The van der Waals surface area contributed by atoms with Crippen LogP contribution < -0.4 is 20.9 Å². The first-order chi connectivity index (χ1) is 19.7. The maximum Gasteiger partial charge on any atom is 0.268 e. The van der Waals surface area contributed by atoms with Crippen LogP contribution in [0, 0.1) is 24.5 Å². The third kappa shape index (κ3) is 5.42. The zero-order valence-corrected chi connectivity index (χ0v) is 21.7. The lowest BCUT2D eigenvalue weighted by atomic mass is 10.2. The van der Waals surface area contributed by atoms with Crippen molar-refractivity contribution in [2.75, 3.05) is 10.6 Å². The van der Waals surface area contributed by atoms with E-state index < -0.39 is 23.1 Å². The standard InChI is InChI=1S/C30H23F2N5O4/c1-17-5-10-23(30(40)37(17)21-4-2-3-19(31)13-21)29(39)33-20-8-11-25(24(32)14-20)41-22-9-12-27-34-26(16-36(27)15-22)35-28(38)18-6-7-18/h2-5,8-16,18H,6-7H2,1H3,(H,33,39)(H,35,38). The summed E-state index contributed by atoms with van der Waals surface area (Å²) in [5.41, 5.74) is 0.647. The Morgan fingerprint density at radius 3 is 2.56 bits per heavy atom. The normalized spacial score (nSPS) is 12.8. The maximum atomic E-state index is 14.9. The molecule has 41 heavy (non-hydrogen) atoms. The molecule has 2 amide bonds. The molecule has 1 fully saturated rings. The Bertz CT molecular complexity index is 1890. The van der Waals surface area contributed by atoms with Crippen molar-refractivity contribution < 1.29 is 23.1 Å². The van der Waals surface area contributed by atoms with Crippen molar-refractivity contribution in [2.24, 2.45) is 5.92 Å². The summed E-state index contributed by atoms with van der Waals surface area (Å²) in [5.74, 6) is -1.37. The predicted octanol–water partition coefficient (Wildman–Crippen LogP) is 5.46. The van der Waals surface area contributed by atoms with Gasteiger partial charge in [-0.05, 0) is 74.4 Å². The number of aromatic nitrogens is 3. The minimum atomic E-state index is -0.747. The lowest BCUT2D eigenvalue weighted by molar-refractivity contribution is -0.117. The summed E-state index contributed by atoms with van der Waals surface area (Å²) in [4.78, 5) is 42.4. The number of aryl methyl sites for hydroxylation is 1. The van der Waals surface area contributed by atoms with Crippen molar-refractivity contribution in [1.82, 2.24) is 14.0 Å². The molecular formula is C30H23F2N5O4. The summed E-state index contributed by atoms with van der Waals surface area (Å²) in [5, 5.41) is 5.31. The van der Waals surface area contributed by atoms with Crippen LogP contribution in [0.2, 0.25) is 0 Å². The fourth-order valence-electron chi connectivity index (χ4n) is 4.39. The molecule has 1 aliphatic carbocycles. The zero-order chi connectivity index (χ0) is 28.7. The van der Waals surface area contributed by atoms with Crippen LogP contribution in [0.5, 0.6) is 11.5 Å². The molecule has 11 heteroatoms. The monoisotopic (exact) mass is 555 g/mol. The second-order valence-electron chi connectivity index (χ2n) is 9.73. The lowest BCUT2D eigenvalue weighted by Gasteiger charge is -2.13. The van der Waals surface area contributed by atoms with E-state index in [2.05, 4.69) is 15.6 Å². The second-order valence-corrected chi connectivity index (χ2v) is 9.73. The van der Waals surface area contributed by atoms with Crippen molar-refractivity contribution in [2.45, 2.75) is 19.8 Å². The number of carbonyl (C=O) groups excluding carboxylic acids is 2. The Morgan fingerprint density at radius 1 is 0.976 bits per heavy atom. The number of pyridine rings is 2. The van der Waals surface area contributed by atoms with Crippen LogP contribution in [0.25, 0.3) is 11.3 Å². The molecule has 1 saturated carbocycles. The second kappa shape index (κ2) is 10.3. The van der Waals surface area contributed by atoms with Gasteiger partial charge in [-0.2, -0.15) is 0 Å². The third-order valence-electron chi connectivity index (χ3n) is 6.63. The first-order valence-corrected chi connectivity index (χ1v) is 12.8. The Kier molecular flexibility index (Phi) is 6.54. The average molecular weight is 556 g/mol.